The highest BCUT2D eigenvalue weighted by molar-refractivity contribution is 7.84. The Morgan fingerprint density at radius 3 is 2.60 bits per heavy atom. The van der Waals surface area contributed by atoms with E-state index in [2.05, 4.69) is 10.3 Å². The summed E-state index contributed by atoms with van der Waals surface area (Å²) < 4.78 is 12.7. The molecule has 25 heavy (non-hydrogen) atoms. The Hall–Kier alpha value is -2.99. The van der Waals surface area contributed by atoms with Crippen molar-refractivity contribution in [3.05, 3.63) is 84.1 Å². The second-order valence-corrected chi connectivity index (χ2v) is 6.70. The molecule has 2 N–H and O–H groups in total. The number of anilines is 1. The molecule has 3 aromatic rings. The van der Waals surface area contributed by atoms with Gasteiger partial charge in [0.05, 0.1) is 22.1 Å². The summed E-state index contributed by atoms with van der Waals surface area (Å²) in [5.74, 6) is -0.0865. The van der Waals surface area contributed by atoms with Crippen LogP contribution in [-0.2, 0) is 16.6 Å². The zero-order valence-corrected chi connectivity index (χ0v) is 14.1. The summed E-state index contributed by atoms with van der Waals surface area (Å²) in [6.07, 6.45) is 1.52. The smallest absolute Gasteiger partial charge is 0.258 e. The number of aromatic nitrogens is 1. The highest BCUT2D eigenvalue weighted by Gasteiger charge is 2.18. The number of carbonyl (C=O) groups is 1. The van der Waals surface area contributed by atoms with Gasteiger partial charge in [-0.2, -0.15) is 0 Å². The molecule has 1 aromatic heterocycles. The Balaban J connectivity index is 1.82. The summed E-state index contributed by atoms with van der Waals surface area (Å²) in [4.78, 5) is 16.7. The molecule has 0 aliphatic carbocycles. The Morgan fingerprint density at radius 2 is 1.84 bits per heavy atom. The predicted octanol–water partition coefficient (Wildman–Crippen LogP) is 3.35. The topological polar surface area (TPSA) is 79.3 Å². The number of amides is 1. The van der Waals surface area contributed by atoms with Crippen LogP contribution in [0, 0.1) is 0 Å². The first kappa shape index (κ1) is 16.9. The minimum absolute atomic E-state index is 0.0527. The average Bonchev–Trinajstić information content (AvgIpc) is 2.62. The van der Waals surface area contributed by atoms with Gasteiger partial charge >= 0.3 is 0 Å². The third-order valence-corrected chi connectivity index (χ3v) is 4.83. The van der Waals surface area contributed by atoms with E-state index in [0.29, 0.717) is 5.69 Å². The minimum atomic E-state index is -1.45. The lowest BCUT2D eigenvalue weighted by molar-refractivity contribution is 0.102. The molecule has 0 fully saturated rings. The van der Waals surface area contributed by atoms with Crippen LogP contribution in [0.5, 0.6) is 5.75 Å². The fourth-order valence-electron chi connectivity index (χ4n) is 2.32. The SMILES string of the molecule is O=C(Nc1cccc(O)c1)c1cccnc1S(=O)Cc1ccccc1. The third-order valence-electron chi connectivity index (χ3n) is 3.48. The molecule has 6 heteroatoms. The van der Waals surface area contributed by atoms with Crippen molar-refractivity contribution in [2.45, 2.75) is 10.8 Å². The maximum atomic E-state index is 12.7. The number of rotatable bonds is 5. The van der Waals surface area contributed by atoms with Gasteiger partial charge in [0.2, 0.25) is 0 Å². The number of pyridine rings is 1. The molecular formula is C19H16N2O3S. The minimum Gasteiger partial charge on any atom is -0.508 e. The predicted molar refractivity (Wildman–Crippen MR) is 96.9 cm³/mol. The Bertz CT molecular complexity index is 913. The summed E-state index contributed by atoms with van der Waals surface area (Å²) in [5.41, 5.74) is 1.61. The monoisotopic (exact) mass is 352 g/mol. The van der Waals surface area contributed by atoms with Crippen LogP contribution in [0.1, 0.15) is 15.9 Å². The average molecular weight is 352 g/mol. The van der Waals surface area contributed by atoms with E-state index in [1.807, 2.05) is 30.3 Å². The summed E-state index contributed by atoms with van der Waals surface area (Å²) in [6, 6.07) is 18.9. The van der Waals surface area contributed by atoms with E-state index in [-0.39, 0.29) is 22.1 Å². The van der Waals surface area contributed by atoms with Crippen molar-refractivity contribution in [3.8, 4) is 5.75 Å². The first-order chi connectivity index (χ1) is 12.1. The number of phenolic OH excluding ortho intramolecular Hbond substituents is 1. The van der Waals surface area contributed by atoms with Gasteiger partial charge in [0.25, 0.3) is 5.91 Å². The first-order valence-corrected chi connectivity index (χ1v) is 8.93. The number of hydrogen-bond donors (Lipinski definition) is 2. The van der Waals surface area contributed by atoms with E-state index in [0.717, 1.165) is 5.56 Å². The number of phenols is 1. The van der Waals surface area contributed by atoms with Gasteiger partial charge in [-0.25, -0.2) is 4.98 Å². The van der Waals surface area contributed by atoms with Crippen molar-refractivity contribution in [1.29, 1.82) is 0 Å². The second-order valence-electron chi connectivity index (χ2n) is 5.34. The third kappa shape index (κ3) is 4.30. The van der Waals surface area contributed by atoms with Crippen LogP contribution in [0.2, 0.25) is 0 Å². The summed E-state index contributed by atoms with van der Waals surface area (Å²) >= 11 is 0. The normalized spacial score (nSPS) is 11.7. The van der Waals surface area contributed by atoms with E-state index >= 15 is 0 Å². The Labute approximate surface area is 147 Å². The molecule has 0 radical (unpaired) electrons. The number of carbonyl (C=O) groups excluding carboxylic acids is 1. The Kier molecular flexibility index (Phi) is 5.20. The maximum absolute atomic E-state index is 12.7. The quantitative estimate of drug-likeness (QED) is 0.738. The summed E-state index contributed by atoms with van der Waals surface area (Å²) in [7, 11) is -1.45. The van der Waals surface area contributed by atoms with Crippen LogP contribution >= 0.6 is 0 Å². The molecule has 1 heterocycles. The molecule has 5 nitrogen and oxygen atoms in total. The first-order valence-electron chi connectivity index (χ1n) is 7.61. The molecule has 0 bridgehead atoms. The van der Waals surface area contributed by atoms with Gasteiger partial charge in [0.1, 0.15) is 10.8 Å². The van der Waals surface area contributed by atoms with Crippen LogP contribution in [0.3, 0.4) is 0 Å². The van der Waals surface area contributed by atoms with E-state index in [1.54, 1.807) is 24.3 Å². The maximum Gasteiger partial charge on any atom is 0.258 e. The van der Waals surface area contributed by atoms with Gasteiger partial charge in [0.15, 0.2) is 0 Å². The zero-order chi connectivity index (χ0) is 17.6. The van der Waals surface area contributed by atoms with Crippen LogP contribution in [0.15, 0.2) is 78.0 Å². The fourth-order valence-corrected chi connectivity index (χ4v) is 3.54. The molecule has 1 atom stereocenters. The highest BCUT2D eigenvalue weighted by atomic mass is 32.2. The van der Waals surface area contributed by atoms with Gasteiger partial charge in [-0.15, -0.1) is 0 Å². The molecule has 0 aliphatic heterocycles. The van der Waals surface area contributed by atoms with Crippen molar-refractivity contribution >= 4 is 22.4 Å². The second kappa shape index (κ2) is 7.72. The molecule has 1 amide bonds. The molecular weight excluding hydrogens is 336 g/mol. The van der Waals surface area contributed by atoms with E-state index in [1.165, 1.54) is 18.3 Å². The van der Waals surface area contributed by atoms with Crippen molar-refractivity contribution in [3.63, 3.8) is 0 Å². The highest BCUT2D eigenvalue weighted by Crippen LogP contribution is 2.19. The van der Waals surface area contributed by atoms with E-state index in [4.69, 9.17) is 0 Å². The van der Waals surface area contributed by atoms with Crippen LogP contribution in [0.4, 0.5) is 5.69 Å². The lowest BCUT2D eigenvalue weighted by Crippen LogP contribution is -2.16. The number of nitrogens with zero attached hydrogens (tertiary/aromatic N) is 1. The van der Waals surface area contributed by atoms with Crippen LogP contribution < -0.4 is 5.32 Å². The molecule has 0 spiro atoms. The molecule has 126 valence electrons. The van der Waals surface area contributed by atoms with Crippen molar-refractivity contribution < 1.29 is 14.1 Å². The van der Waals surface area contributed by atoms with Crippen molar-refractivity contribution in [2.75, 3.05) is 5.32 Å². The molecule has 2 aromatic carbocycles. The Morgan fingerprint density at radius 1 is 1.04 bits per heavy atom. The van der Waals surface area contributed by atoms with Gasteiger partial charge in [-0.1, -0.05) is 36.4 Å². The van der Waals surface area contributed by atoms with Crippen molar-refractivity contribution in [1.82, 2.24) is 4.98 Å². The number of benzene rings is 2. The lowest BCUT2D eigenvalue weighted by atomic mass is 10.2. The zero-order valence-electron chi connectivity index (χ0n) is 13.3. The molecule has 3 rings (SSSR count). The van der Waals surface area contributed by atoms with Crippen molar-refractivity contribution in [2.24, 2.45) is 0 Å². The fraction of sp³-hybridized carbons (Fsp3) is 0.0526. The number of hydrogen-bond acceptors (Lipinski definition) is 4. The number of nitrogens with one attached hydrogen (secondary N) is 1. The van der Waals surface area contributed by atoms with Gasteiger partial charge in [-0.3, -0.25) is 9.00 Å². The van der Waals surface area contributed by atoms with Gasteiger partial charge < -0.3 is 10.4 Å². The summed E-state index contributed by atoms with van der Waals surface area (Å²) in [6.45, 7) is 0. The number of aromatic hydroxyl groups is 1. The molecule has 1 unspecified atom stereocenters. The standard InChI is InChI=1S/C19H16N2O3S/c22-16-9-4-8-15(12-16)21-18(23)17-10-5-11-20-19(17)25(24)13-14-6-2-1-3-7-14/h1-12,22H,13H2,(H,21,23). The molecule has 0 saturated heterocycles. The molecule has 0 aliphatic rings. The van der Waals surface area contributed by atoms with Crippen LogP contribution in [-0.4, -0.2) is 20.2 Å². The van der Waals surface area contributed by atoms with E-state index in [9.17, 15) is 14.1 Å². The summed E-state index contributed by atoms with van der Waals surface area (Å²) in [5, 5.41) is 12.4. The lowest BCUT2D eigenvalue weighted by Gasteiger charge is -2.09. The van der Waals surface area contributed by atoms with Gasteiger partial charge in [-0.05, 0) is 29.8 Å². The van der Waals surface area contributed by atoms with Crippen LogP contribution in [0.25, 0.3) is 0 Å². The van der Waals surface area contributed by atoms with E-state index < -0.39 is 16.7 Å². The largest absolute Gasteiger partial charge is 0.508 e. The van der Waals surface area contributed by atoms with Gasteiger partial charge in [0, 0.05) is 18.0 Å². The molecule has 0 saturated carbocycles.